The van der Waals surface area contributed by atoms with Crippen LogP contribution in [0.3, 0.4) is 0 Å². The largest absolute Gasteiger partial charge is 0.314 e. The van der Waals surface area contributed by atoms with Crippen molar-refractivity contribution < 1.29 is 0 Å². The van der Waals surface area contributed by atoms with E-state index in [4.69, 9.17) is 0 Å². The molecule has 0 aromatic heterocycles. The molecule has 2 heteroatoms. The van der Waals surface area contributed by atoms with Crippen LogP contribution in [0.15, 0.2) is 22.7 Å². The van der Waals surface area contributed by atoms with Crippen molar-refractivity contribution in [2.45, 2.75) is 38.6 Å². The summed E-state index contributed by atoms with van der Waals surface area (Å²) in [5.74, 6) is 0.708. The third-order valence-electron chi connectivity index (χ3n) is 3.08. The Morgan fingerprint density at radius 1 is 1.47 bits per heavy atom. The van der Waals surface area contributed by atoms with E-state index < -0.39 is 0 Å². The van der Waals surface area contributed by atoms with Gasteiger partial charge in [0.05, 0.1) is 0 Å². The van der Waals surface area contributed by atoms with Crippen LogP contribution in [-0.2, 0) is 6.42 Å². The topological polar surface area (TPSA) is 12.0 Å². The van der Waals surface area contributed by atoms with Crippen molar-refractivity contribution in [1.29, 1.82) is 0 Å². The van der Waals surface area contributed by atoms with Gasteiger partial charge in [0, 0.05) is 17.1 Å². The van der Waals surface area contributed by atoms with E-state index in [1.807, 2.05) is 0 Å². The number of fused-ring (bicyclic) bond motifs is 1. The summed E-state index contributed by atoms with van der Waals surface area (Å²) in [7, 11) is 0. The van der Waals surface area contributed by atoms with Crippen molar-refractivity contribution in [3.63, 3.8) is 0 Å². The van der Waals surface area contributed by atoms with Crippen molar-refractivity contribution in [2.24, 2.45) is 0 Å². The number of nitrogens with one attached hydrogen (secondary N) is 1. The van der Waals surface area contributed by atoms with Gasteiger partial charge in [0.2, 0.25) is 0 Å². The Bertz CT molecular complexity index is 346. The van der Waals surface area contributed by atoms with Crippen molar-refractivity contribution in [3.05, 3.63) is 33.8 Å². The fraction of sp³-hybridized carbons (Fsp3) is 0.538. The van der Waals surface area contributed by atoms with Crippen molar-refractivity contribution >= 4 is 15.9 Å². The highest BCUT2D eigenvalue weighted by atomic mass is 79.9. The Balaban J connectivity index is 2.10. The third-order valence-corrected chi connectivity index (χ3v) is 3.58. The first-order valence-electron chi connectivity index (χ1n) is 5.68. The minimum atomic E-state index is 0.584. The normalized spacial score (nSPS) is 19.6. The second kappa shape index (κ2) is 4.67. The molecule has 0 aliphatic heterocycles. The lowest BCUT2D eigenvalue weighted by molar-refractivity contribution is 0.527. The van der Waals surface area contributed by atoms with E-state index in [1.165, 1.54) is 28.4 Å². The van der Waals surface area contributed by atoms with E-state index in [-0.39, 0.29) is 0 Å². The molecule has 0 heterocycles. The van der Waals surface area contributed by atoms with Gasteiger partial charge in [-0.15, -0.1) is 0 Å². The zero-order valence-electron chi connectivity index (χ0n) is 9.39. The molecule has 0 spiro atoms. The maximum absolute atomic E-state index is 3.55. The van der Waals surface area contributed by atoms with Crippen LogP contribution in [0, 0.1) is 0 Å². The predicted molar refractivity (Wildman–Crippen MR) is 68.3 cm³/mol. The fourth-order valence-corrected chi connectivity index (χ4v) is 2.63. The molecule has 1 aromatic carbocycles. The summed E-state index contributed by atoms with van der Waals surface area (Å²) in [4.78, 5) is 0. The average Bonchev–Trinajstić information content (AvgIpc) is 2.57. The Labute approximate surface area is 100 Å². The minimum Gasteiger partial charge on any atom is -0.314 e. The highest BCUT2D eigenvalue weighted by molar-refractivity contribution is 9.10. The first kappa shape index (κ1) is 11.2. The predicted octanol–water partition coefficient (Wildman–Crippen LogP) is 3.48. The van der Waals surface area contributed by atoms with Crippen molar-refractivity contribution in [2.75, 3.05) is 6.54 Å². The monoisotopic (exact) mass is 267 g/mol. The third kappa shape index (κ3) is 2.61. The van der Waals surface area contributed by atoms with E-state index in [1.54, 1.807) is 0 Å². The molecule has 0 radical (unpaired) electrons. The van der Waals surface area contributed by atoms with Crippen LogP contribution in [0.25, 0.3) is 0 Å². The molecule has 2 rings (SSSR count). The number of hydrogen-bond donors (Lipinski definition) is 1. The van der Waals surface area contributed by atoms with E-state index in [0.717, 1.165) is 6.54 Å². The number of aryl methyl sites for hydroxylation is 1. The van der Waals surface area contributed by atoms with Crippen molar-refractivity contribution in [3.8, 4) is 0 Å². The highest BCUT2D eigenvalue weighted by Gasteiger charge is 2.22. The van der Waals surface area contributed by atoms with Gasteiger partial charge in [0.1, 0.15) is 0 Å². The molecule has 0 fully saturated rings. The maximum Gasteiger partial charge on any atom is 0.0178 e. The number of rotatable bonds is 3. The van der Waals surface area contributed by atoms with Crippen LogP contribution in [0.1, 0.15) is 37.3 Å². The number of benzene rings is 1. The van der Waals surface area contributed by atoms with Gasteiger partial charge in [-0.05, 0) is 42.0 Å². The van der Waals surface area contributed by atoms with E-state index in [0.29, 0.717) is 12.0 Å². The lowest BCUT2D eigenvalue weighted by Gasteiger charge is -2.15. The van der Waals surface area contributed by atoms with E-state index in [9.17, 15) is 0 Å². The molecule has 0 saturated carbocycles. The average molecular weight is 268 g/mol. The van der Waals surface area contributed by atoms with Gasteiger partial charge in [-0.25, -0.2) is 0 Å². The summed E-state index contributed by atoms with van der Waals surface area (Å²) >= 11 is 3.55. The molecular weight excluding hydrogens is 250 g/mol. The fourth-order valence-electron chi connectivity index (χ4n) is 2.25. The SMILES string of the molecule is CC(C)NCC1CCc2ccc(Br)cc21. The van der Waals surface area contributed by atoms with Gasteiger partial charge >= 0.3 is 0 Å². The minimum absolute atomic E-state index is 0.584. The molecule has 1 aromatic rings. The van der Waals surface area contributed by atoms with Crippen LogP contribution in [-0.4, -0.2) is 12.6 Å². The summed E-state index contributed by atoms with van der Waals surface area (Å²) in [6.07, 6.45) is 2.54. The molecule has 1 atom stereocenters. The summed E-state index contributed by atoms with van der Waals surface area (Å²) < 4.78 is 1.21. The van der Waals surface area contributed by atoms with Crippen LogP contribution in [0.4, 0.5) is 0 Å². The van der Waals surface area contributed by atoms with Gasteiger partial charge in [-0.3, -0.25) is 0 Å². The number of hydrogen-bond acceptors (Lipinski definition) is 1. The molecule has 82 valence electrons. The molecule has 1 aliphatic rings. The van der Waals surface area contributed by atoms with Gasteiger partial charge in [0.15, 0.2) is 0 Å². The Kier molecular flexibility index (Phi) is 3.47. The maximum atomic E-state index is 3.55. The molecule has 1 nitrogen and oxygen atoms in total. The molecule has 0 bridgehead atoms. The van der Waals surface area contributed by atoms with E-state index >= 15 is 0 Å². The second-order valence-electron chi connectivity index (χ2n) is 4.64. The second-order valence-corrected chi connectivity index (χ2v) is 5.56. The van der Waals surface area contributed by atoms with Crippen LogP contribution in [0.5, 0.6) is 0 Å². The van der Waals surface area contributed by atoms with Gasteiger partial charge in [0.25, 0.3) is 0 Å². The molecular formula is C13H18BrN. The standard InChI is InChI=1S/C13H18BrN/c1-9(2)15-8-11-4-3-10-5-6-12(14)7-13(10)11/h5-7,9,11,15H,3-4,8H2,1-2H3. The van der Waals surface area contributed by atoms with Crippen molar-refractivity contribution in [1.82, 2.24) is 5.32 Å². The Morgan fingerprint density at radius 3 is 3.00 bits per heavy atom. The molecule has 0 amide bonds. The lowest BCUT2D eigenvalue weighted by atomic mass is 10.0. The molecule has 1 aliphatic carbocycles. The highest BCUT2D eigenvalue weighted by Crippen LogP contribution is 2.34. The van der Waals surface area contributed by atoms with Gasteiger partial charge in [-0.1, -0.05) is 35.8 Å². The lowest BCUT2D eigenvalue weighted by Crippen LogP contribution is -2.27. The first-order chi connectivity index (χ1) is 7.16. The Morgan fingerprint density at radius 2 is 2.27 bits per heavy atom. The Hall–Kier alpha value is -0.340. The molecule has 1 unspecified atom stereocenters. The van der Waals surface area contributed by atoms with Gasteiger partial charge < -0.3 is 5.32 Å². The molecule has 15 heavy (non-hydrogen) atoms. The molecule has 1 N–H and O–H groups in total. The van der Waals surface area contributed by atoms with Crippen LogP contribution in [0.2, 0.25) is 0 Å². The first-order valence-corrected chi connectivity index (χ1v) is 6.48. The molecule has 0 saturated heterocycles. The summed E-state index contributed by atoms with van der Waals surface area (Å²) in [5.41, 5.74) is 3.08. The summed E-state index contributed by atoms with van der Waals surface area (Å²) in [6, 6.07) is 7.28. The van der Waals surface area contributed by atoms with Crippen LogP contribution < -0.4 is 5.32 Å². The van der Waals surface area contributed by atoms with Gasteiger partial charge in [-0.2, -0.15) is 0 Å². The smallest absolute Gasteiger partial charge is 0.0178 e. The van der Waals surface area contributed by atoms with Crippen LogP contribution >= 0.6 is 15.9 Å². The number of halogens is 1. The quantitative estimate of drug-likeness (QED) is 0.885. The van der Waals surface area contributed by atoms with E-state index in [2.05, 4.69) is 53.3 Å². The summed E-state index contributed by atoms with van der Waals surface area (Å²) in [5, 5.41) is 3.53. The summed E-state index contributed by atoms with van der Waals surface area (Å²) in [6.45, 7) is 5.52. The zero-order valence-corrected chi connectivity index (χ0v) is 11.0. The zero-order chi connectivity index (χ0) is 10.8.